The maximum atomic E-state index is 13.2. The Bertz CT molecular complexity index is 1470. The molecule has 8 nitrogen and oxygen atoms in total. The topological polar surface area (TPSA) is 78.2 Å². The number of aromatic nitrogens is 3. The lowest BCUT2D eigenvalue weighted by molar-refractivity contribution is -0.141. The quantitative estimate of drug-likeness (QED) is 0.490. The number of hydrogen-bond donors (Lipinski definition) is 0. The van der Waals surface area contributed by atoms with Crippen LogP contribution in [0.4, 0.5) is 19.0 Å². The molecule has 0 spiro atoms. The van der Waals surface area contributed by atoms with Crippen molar-refractivity contribution in [3.8, 4) is 17.2 Å². The highest BCUT2D eigenvalue weighted by Crippen LogP contribution is 2.41. The van der Waals surface area contributed by atoms with Crippen LogP contribution in [0.25, 0.3) is 5.65 Å². The SMILES string of the molecule is [B]C1([B])Oc2ccc(OC3CCN(c4nn5c(=O)cc(C(F)(F)F)nc5c(C)c4C)CC3)cc2OC1([B])[B]. The first-order valence-electron chi connectivity index (χ1n) is 11.7. The zero-order valence-electron chi connectivity index (χ0n) is 20.6. The van der Waals surface area contributed by atoms with E-state index >= 15 is 0 Å². The van der Waals surface area contributed by atoms with Crippen LogP contribution >= 0.6 is 0 Å². The number of rotatable bonds is 3. The second-order valence-corrected chi connectivity index (χ2v) is 9.49. The number of halogens is 3. The molecule has 0 aliphatic carbocycles. The number of nitrogens with zero attached hydrogens (tertiary/aromatic N) is 4. The number of ether oxygens (including phenoxy) is 3. The van der Waals surface area contributed by atoms with Crippen LogP contribution in [0.1, 0.15) is 29.7 Å². The van der Waals surface area contributed by atoms with Gasteiger partial charge in [-0.25, -0.2) is 4.98 Å². The summed E-state index contributed by atoms with van der Waals surface area (Å²) in [5, 5.41) is 0.463. The van der Waals surface area contributed by atoms with Crippen molar-refractivity contribution in [2.75, 3.05) is 18.0 Å². The van der Waals surface area contributed by atoms with E-state index in [0.29, 0.717) is 54.7 Å². The highest BCUT2D eigenvalue weighted by atomic mass is 19.4. The Labute approximate surface area is 221 Å². The minimum atomic E-state index is -4.73. The van der Waals surface area contributed by atoms with Gasteiger partial charge in [0.2, 0.25) is 0 Å². The highest BCUT2D eigenvalue weighted by Gasteiger charge is 2.43. The summed E-state index contributed by atoms with van der Waals surface area (Å²) >= 11 is 0. The van der Waals surface area contributed by atoms with Crippen molar-refractivity contribution >= 4 is 42.9 Å². The summed E-state index contributed by atoms with van der Waals surface area (Å²) in [5.41, 5.74) is -1.17. The van der Waals surface area contributed by atoms with Crippen LogP contribution in [0.15, 0.2) is 29.1 Å². The smallest absolute Gasteiger partial charge is 0.433 e. The molecule has 0 amide bonds. The van der Waals surface area contributed by atoms with Gasteiger partial charge in [0.25, 0.3) is 5.56 Å². The molecule has 0 bridgehead atoms. The molecular formula is C23H19B4F3N4O4. The van der Waals surface area contributed by atoms with E-state index in [2.05, 4.69) is 10.1 Å². The molecule has 2 aliphatic heterocycles. The van der Waals surface area contributed by atoms with Gasteiger partial charge >= 0.3 is 6.18 Å². The van der Waals surface area contributed by atoms with Crippen molar-refractivity contribution in [3.05, 3.63) is 51.4 Å². The summed E-state index contributed by atoms with van der Waals surface area (Å²) in [6.07, 6.45) is -3.67. The van der Waals surface area contributed by atoms with Crippen molar-refractivity contribution in [1.82, 2.24) is 14.6 Å². The Balaban J connectivity index is 1.32. The minimum absolute atomic E-state index is 0.122. The molecule has 1 fully saturated rings. The summed E-state index contributed by atoms with van der Waals surface area (Å²) < 4.78 is 57.5. The first-order valence-corrected chi connectivity index (χ1v) is 11.7. The Hall–Kier alpha value is -3.24. The molecule has 188 valence electrons. The fourth-order valence-corrected chi connectivity index (χ4v) is 4.39. The van der Waals surface area contributed by atoms with Gasteiger partial charge in [-0.15, -0.1) is 5.10 Å². The molecule has 0 saturated carbocycles. The average molecular weight is 516 g/mol. The molecule has 1 saturated heterocycles. The molecule has 8 radical (unpaired) electrons. The molecule has 5 rings (SSSR count). The van der Waals surface area contributed by atoms with Crippen LogP contribution in [-0.2, 0) is 6.18 Å². The van der Waals surface area contributed by atoms with Gasteiger partial charge in [0, 0.05) is 60.0 Å². The zero-order chi connectivity index (χ0) is 27.6. The molecular weight excluding hydrogens is 497 g/mol. The van der Waals surface area contributed by atoms with Gasteiger partial charge in [-0.05, 0) is 26.0 Å². The summed E-state index contributed by atoms with van der Waals surface area (Å²) in [4.78, 5) is 18.1. The lowest BCUT2D eigenvalue weighted by Gasteiger charge is -2.48. The van der Waals surface area contributed by atoms with Gasteiger partial charge < -0.3 is 19.1 Å². The maximum Gasteiger partial charge on any atom is 0.433 e. The highest BCUT2D eigenvalue weighted by molar-refractivity contribution is 6.53. The zero-order valence-corrected chi connectivity index (χ0v) is 20.6. The van der Waals surface area contributed by atoms with Crippen LogP contribution in [0, 0.1) is 13.8 Å². The Morgan fingerprint density at radius 2 is 1.63 bits per heavy atom. The number of hydrogen-bond acceptors (Lipinski definition) is 7. The average Bonchev–Trinajstić information content (AvgIpc) is 2.82. The van der Waals surface area contributed by atoms with Gasteiger partial charge in [0.15, 0.2) is 28.7 Å². The van der Waals surface area contributed by atoms with Crippen LogP contribution in [-0.4, -0.2) is 76.0 Å². The van der Waals surface area contributed by atoms with E-state index in [1.54, 1.807) is 32.0 Å². The summed E-state index contributed by atoms with van der Waals surface area (Å²) in [6.45, 7) is 4.44. The van der Waals surface area contributed by atoms with Gasteiger partial charge in [-0.3, -0.25) is 4.79 Å². The number of aryl methyl sites for hydroxylation is 1. The van der Waals surface area contributed by atoms with E-state index in [1.165, 1.54) is 0 Å². The van der Waals surface area contributed by atoms with Gasteiger partial charge in [0.05, 0.1) is 0 Å². The Kier molecular flexibility index (Phi) is 6.18. The van der Waals surface area contributed by atoms with Crippen molar-refractivity contribution < 1.29 is 27.4 Å². The molecule has 0 N–H and O–H groups in total. The fourth-order valence-electron chi connectivity index (χ4n) is 4.39. The molecule has 2 aliphatic rings. The fraction of sp³-hybridized carbons (Fsp3) is 0.435. The summed E-state index contributed by atoms with van der Waals surface area (Å²) in [6, 6.07) is 5.30. The molecule has 15 heteroatoms. The first kappa shape index (κ1) is 26.4. The molecule has 1 aromatic carbocycles. The number of alkyl halides is 3. The third kappa shape index (κ3) is 4.60. The molecule has 2 aromatic heterocycles. The molecule has 3 aromatic rings. The molecule has 4 heterocycles. The van der Waals surface area contributed by atoms with E-state index in [4.69, 9.17) is 45.6 Å². The first-order chi connectivity index (χ1) is 17.7. The second kappa shape index (κ2) is 8.91. The van der Waals surface area contributed by atoms with Crippen LogP contribution in [0.3, 0.4) is 0 Å². The van der Waals surface area contributed by atoms with Crippen LogP contribution in [0.5, 0.6) is 17.2 Å². The lowest BCUT2D eigenvalue weighted by Crippen LogP contribution is -2.65. The number of piperidine rings is 1. The van der Waals surface area contributed by atoms with E-state index in [0.717, 1.165) is 4.52 Å². The standard InChI is InChI=1S/C23H19B4F3N4O4/c1-11-12(2)20(32-34-18(35)10-17(21(28,29)30)31-19(11)34)33-7-5-13(6-8-33)36-14-3-4-15-16(9-14)38-23(26,27)22(24,25)37-15/h3-4,9-10,13H,5-8H2,1-2H3. The molecule has 0 unspecified atom stereocenters. The number of anilines is 1. The Morgan fingerprint density at radius 1 is 1.00 bits per heavy atom. The van der Waals surface area contributed by atoms with E-state index in [-0.39, 0.29) is 23.3 Å². The lowest BCUT2D eigenvalue weighted by atomic mass is 9.41. The second-order valence-electron chi connectivity index (χ2n) is 9.49. The van der Waals surface area contributed by atoms with Crippen LogP contribution in [0.2, 0.25) is 0 Å². The predicted octanol–water partition coefficient (Wildman–Crippen LogP) is 1.53. The normalized spacial score (nSPS) is 18.9. The summed E-state index contributed by atoms with van der Waals surface area (Å²) in [7, 11) is 23.2. The van der Waals surface area contributed by atoms with E-state index in [1.807, 2.05) is 4.90 Å². The van der Waals surface area contributed by atoms with E-state index in [9.17, 15) is 18.0 Å². The van der Waals surface area contributed by atoms with Crippen molar-refractivity contribution in [1.29, 1.82) is 0 Å². The van der Waals surface area contributed by atoms with Crippen molar-refractivity contribution in [2.24, 2.45) is 0 Å². The van der Waals surface area contributed by atoms with Crippen molar-refractivity contribution in [2.45, 2.75) is 49.8 Å². The van der Waals surface area contributed by atoms with Crippen molar-refractivity contribution in [3.63, 3.8) is 0 Å². The third-order valence-electron chi connectivity index (χ3n) is 6.74. The maximum absolute atomic E-state index is 13.2. The largest absolute Gasteiger partial charge is 0.501 e. The van der Waals surface area contributed by atoms with Gasteiger partial charge in [-0.2, -0.15) is 17.7 Å². The Morgan fingerprint density at radius 3 is 2.26 bits per heavy atom. The van der Waals surface area contributed by atoms with E-state index < -0.39 is 28.2 Å². The third-order valence-corrected chi connectivity index (χ3v) is 6.74. The minimum Gasteiger partial charge on any atom is -0.501 e. The van der Waals surface area contributed by atoms with Gasteiger partial charge in [0.1, 0.15) is 43.2 Å². The molecule has 38 heavy (non-hydrogen) atoms. The van der Waals surface area contributed by atoms with Crippen LogP contribution < -0.4 is 24.7 Å². The number of fused-ring (bicyclic) bond motifs is 2. The summed E-state index contributed by atoms with van der Waals surface area (Å²) in [5.74, 6) is 1.50. The van der Waals surface area contributed by atoms with Gasteiger partial charge in [-0.1, -0.05) is 0 Å². The predicted molar refractivity (Wildman–Crippen MR) is 136 cm³/mol. The molecule has 0 atom stereocenters. The number of benzene rings is 1. The monoisotopic (exact) mass is 516 g/mol.